The van der Waals surface area contributed by atoms with Crippen molar-refractivity contribution in [2.24, 2.45) is 5.92 Å². The molecule has 0 heterocycles. The lowest BCUT2D eigenvalue weighted by atomic mass is 9.99. The second kappa shape index (κ2) is 5.81. The average molecular weight is 296 g/mol. The summed E-state index contributed by atoms with van der Waals surface area (Å²) in [5.74, 6) is 0.107. The fourth-order valence-electron chi connectivity index (χ4n) is 1.40. The van der Waals surface area contributed by atoms with Gasteiger partial charge in [-0.1, -0.05) is 32.4 Å². The van der Waals surface area contributed by atoms with Crippen LogP contribution < -0.4 is 4.18 Å². The van der Waals surface area contributed by atoms with Gasteiger partial charge in [0.15, 0.2) is 0 Å². The van der Waals surface area contributed by atoms with Crippen molar-refractivity contribution < 1.29 is 25.8 Å². The van der Waals surface area contributed by atoms with E-state index in [4.69, 9.17) is 0 Å². The highest BCUT2D eigenvalue weighted by molar-refractivity contribution is 7.87. The van der Waals surface area contributed by atoms with E-state index in [-0.39, 0.29) is 5.75 Å². The number of rotatable bonds is 5. The third-order valence-electron chi connectivity index (χ3n) is 2.69. The van der Waals surface area contributed by atoms with Crippen molar-refractivity contribution in [3.8, 4) is 5.75 Å². The maximum absolute atomic E-state index is 12.1. The van der Waals surface area contributed by atoms with Gasteiger partial charge in [-0.3, -0.25) is 0 Å². The molecule has 0 aliphatic rings. The summed E-state index contributed by atoms with van der Waals surface area (Å²) < 4.78 is 61.9. The molecule has 1 rings (SSSR count). The van der Waals surface area contributed by atoms with Crippen LogP contribution >= 0.6 is 0 Å². The predicted molar refractivity (Wildman–Crippen MR) is 65.2 cm³/mol. The fraction of sp³-hybridized carbons (Fsp3) is 0.500. The van der Waals surface area contributed by atoms with Crippen molar-refractivity contribution in [1.29, 1.82) is 0 Å². The summed E-state index contributed by atoms with van der Waals surface area (Å²) in [6, 6.07) is 5.57. The van der Waals surface area contributed by atoms with Crippen molar-refractivity contribution in [3.63, 3.8) is 0 Å². The molecule has 0 N–H and O–H groups in total. The van der Waals surface area contributed by atoms with E-state index in [0.29, 0.717) is 5.92 Å². The zero-order chi connectivity index (χ0) is 14.7. The molecule has 7 heteroatoms. The quantitative estimate of drug-likeness (QED) is 0.617. The van der Waals surface area contributed by atoms with E-state index in [0.717, 1.165) is 18.4 Å². The van der Waals surface area contributed by atoms with Gasteiger partial charge in [-0.25, -0.2) is 0 Å². The number of benzene rings is 1. The van der Waals surface area contributed by atoms with E-state index in [2.05, 4.69) is 11.1 Å². The third kappa shape index (κ3) is 4.41. The SMILES string of the molecule is CC[C@H](C)Cc1ccc(OS(=O)(=O)C(F)(F)F)cc1. The Morgan fingerprint density at radius 1 is 1.21 bits per heavy atom. The highest BCUT2D eigenvalue weighted by atomic mass is 32.2. The molecule has 0 bridgehead atoms. The number of halogens is 3. The van der Waals surface area contributed by atoms with E-state index in [1.165, 1.54) is 12.1 Å². The third-order valence-corrected chi connectivity index (χ3v) is 3.67. The van der Waals surface area contributed by atoms with Crippen LogP contribution in [0.2, 0.25) is 0 Å². The number of alkyl halides is 3. The standard InChI is InChI=1S/C12H15F3O3S/c1-3-9(2)8-10-4-6-11(7-5-10)18-19(16,17)12(13,14)15/h4-7,9H,3,8H2,1-2H3/t9-/m0/s1. The van der Waals surface area contributed by atoms with Crippen LogP contribution in [0.3, 0.4) is 0 Å². The van der Waals surface area contributed by atoms with Gasteiger partial charge >= 0.3 is 15.6 Å². The van der Waals surface area contributed by atoms with Crippen LogP contribution in [-0.2, 0) is 16.5 Å². The molecular weight excluding hydrogens is 281 g/mol. The average Bonchev–Trinajstić information content (AvgIpc) is 2.29. The van der Waals surface area contributed by atoms with E-state index in [1.54, 1.807) is 12.1 Å². The van der Waals surface area contributed by atoms with Gasteiger partial charge in [0, 0.05) is 0 Å². The minimum Gasteiger partial charge on any atom is -0.376 e. The van der Waals surface area contributed by atoms with Crippen LogP contribution in [0, 0.1) is 5.92 Å². The number of hydrogen-bond acceptors (Lipinski definition) is 3. The van der Waals surface area contributed by atoms with Gasteiger partial charge in [-0.05, 0) is 30.0 Å². The topological polar surface area (TPSA) is 43.4 Å². The van der Waals surface area contributed by atoms with Gasteiger partial charge in [0.25, 0.3) is 0 Å². The van der Waals surface area contributed by atoms with Gasteiger partial charge in [-0.2, -0.15) is 21.6 Å². The smallest absolute Gasteiger partial charge is 0.376 e. The largest absolute Gasteiger partial charge is 0.534 e. The lowest BCUT2D eigenvalue weighted by molar-refractivity contribution is -0.0500. The molecule has 0 aliphatic carbocycles. The molecule has 0 radical (unpaired) electrons. The van der Waals surface area contributed by atoms with Gasteiger partial charge in [0.1, 0.15) is 5.75 Å². The lowest BCUT2D eigenvalue weighted by Gasteiger charge is -2.11. The molecule has 1 aromatic rings. The van der Waals surface area contributed by atoms with Crippen LogP contribution in [0.5, 0.6) is 5.75 Å². The molecule has 0 unspecified atom stereocenters. The van der Waals surface area contributed by atoms with Crippen molar-refractivity contribution in [1.82, 2.24) is 0 Å². The highest BCUT2D eigenvalue weighted by Gasteiger charge is 2.48. The van der Waals surface area contributed by atoms with Crippen molar-refractivity contribution in [2.75, 3.05) is 0 Å². The van der Waals surface area contributed by atoms with E-state index >= 15 is 0 Å². The van der Waals surface area contributed by atoms with Crippen LogP contribution in [-0.4, -0.2) is 13.9 Å². The summed E-state index contributed by atoms with van der Waals surface area (Å²) in [5.41, 5.74) is -4.49. The van der Waals surface area contributed by atoms with Crippen molar-refractivity contribution in [3.05, 3.63) is 29.8 Å². The summed E-state index contributed by atoms with van der Waals surface area (Å²) in [6.45, 7) is 4.09. The Morgan fingerprint density at radius 3 is 2.16 bits per heavy atom. The molecule has 0 aliphatic heterocycles. The molecule has 0 amide bonds. The first-order chi connectivity index (χ1) is 8.65. The van der Waals surface area contributed by atoms with Crippen LogP contribution in [0.25, 0.3) is 0 Å². The summed E-state index contributed by atoms with van der Waals surface area (Å²) in [5, 5.41) is 0. The predicted octanol–water partition coefficient (Wildman–Crippen LogP) is 3.50. The summed E-state index contributed by atoms with van der Waals surface area (Å²) >= 11 is 0. The Bertz CT molecular complexity index is 506. The molecule has 0 aromatic heterocycles. The molecule has 108 valence electrons. The monoisotopic (exact) mass is 296 g/mol. The normalized spacial score (nSPS) is 14.2. The molecule has 1 aromatic carbocycles. The molecular formula is C12H15F3O3S. The highest BCUT2D eigenvalue weighted by Crippen LogP contribution is 2.27. The van der Waals surface area contributed by atoms with Gasteiger partial charge < -0.3 is 4.18 Å². The Kier molecular flexibility index (Phi) is 4.84. The fourth-order valence-corrected chi connectivity index (χ4v) is 1.86. The second-order valence-electron chi connectivity index (χ2n) is 4.34. The summed E-state index contributed by atoms with van der Waals surface area (Å²) in [6.07, 6.45) is 1.77. The maximum atomic E-state index is 12.1. The van der Waals surface area contributed by atoms with Crippen molar-refractivity contribution >= 4 is 10.1 Å². The van der Waals surface area contributed by atoms with E-state index in [9.17, 15) is 21.6 Å². The molecule has 19 heavy (non-hydrogen) atoms. The first kappa shape index (κ1) is 15.8. The van der Waals surface area contributed by atoms with E-state index in [1.807, 2.05) is 6.92 Å². The minimum atomic E-state index is -5.59. The van der Waals surface area contributed by atoms with Gasteiger partial charge in [-0.15, -0.1) is 0 Å². The Morgan fingerprint density at radius 2 is 1.74 bits per heavy atom. The Hall–Kier alpha value is -1.24. The zero-order valence-corrected chi connectivity index (χ0v) is 11.4. The Balaban J connectivity index is 2.78. The minimum absolute atomic E-state index is 0.342. The number of hydrogen-bond donors (Lipinski definition) is 0. The lowest BCUT2D eigenvalue weighted by Crippen LogP contribution is -2.28. The first-order valence-electron chi connectivity index (χ1n) is 5.75. The molecule has 0 saturated carbocycles. The van der Waals surface area contributed by atoms with Gasteiger partial charge in [0.05, 0.1) is 0 Å². The molecule has 1 atom stereocenters. The van der Waals surface area contributed by atoms with Crippen LogP contribution in [0.1, 0.15) is 25.8 Å². The van der Waals surface area contributed by atoms with Crippen LogP contribution in [0.4, 0.5) is 13.2 Å². The molecule has 0 fully saturated rings. The zero-order valence-electron chi connectivity index (χ0n) is 10.6. The molecule has 3 nitrogen and oxygen atoms in total. The van der Waals surface area contributed by atoms with Crippen molar-refractivity contribution in [2.45, 2.75) is 32.2 Å². The summed E-state index contributed by atoms with van der Waals surface area (Å²) in [7, 11) is -5.59. The van der Waals surface area contributed by atoms with Crippen LogP contribution in [0.15, 0.2) is 24.3 Å². The Labute approximate surface area is 110 Å². The molecule has 0 saturated heterocycles. The van der Waals surface area contributed by atoms with E-state index < -0.39 is 15.6 Å². The maximum Gasteiger partial charge on any atom is 0.534 e. The van der Waals surface area contributed by atoms with Gasteiger partial charge in [0.2, 0.25) is 0 Å². The molecule has 0 spiro atoms. The summed E-state index contributed by atoms with van der Waals surface area (Å²) in [4.78, 5) is 0. The second-order valence-corrected chi connectivity index (χ2v) is 5.88. The first-order valence-corrected chi connectivity index (χ1v) is 7.16.